The first-order chi connectivity index (χ1) is 8.95. The molecule has 19 heavy (non-hydrogen) atoms. The second-order valence-electron chi connectivity index (χ2n) is 4.42. The van der Waals surface area contributed by atoms with Gasteiger partial charge in [-0.25, -0.2) is 4.98 Å². The minimum absolute atomic E-state index is 0.243. The Morgan fingerprint density at radius 3 is 2.63 bits per heavy atom. The molecule has 102 valence electrons. The molecule has 0 amide bonds. The number of fused-ring (bicyclic) bond motifs is 1. The van der Waals surface area contributed by atoms with Crippen LogP contribution in [0.5, 0.6) is 0 Å². The van der Waals surface area contributed by atoms with Gasteiger partial charge in [0.2, 0.25) is 0 Å². The van der Waals surface area contributed by atoms with Crippen molar-refractivity contribution in [1.29, 1.82) is 0 Å². The number of aliphatic hydroxyl groups is 1. The fraction of sp³-hybridized carbons (Fsp3) is 0.417. The number of thiazole rings is 1. The zero-order valence-electron chi connectivity index (χ0n) is 9.70. The summed E-state index contributed by atoms with van der Waals surface area (Å²) in [6.45, 7) is 0. The van der Waals surface area contributed by atoms with Crippen molar-refractivity contribution >= 4 is 22.7 Å². The van der Waals surface area contributed by atoms with Gasteiger partial charge in [-0.2, -0.15) is 13.2 Å². The highest BCUT2D eigenvalue weighted by Gasteiger charge is 2.35. The van der Waals surface area contributed by atoms with Crippen LogP contribution in [0.4, 0.5) is 13.2 Å². The van der Waals surface area contributed by atoms with Crippen molar-refractivity contribution in [3.8, 4) is 0 Å². The predicted octanol–water partition coefficient (Wildman–Crippen LogP) is 3.79. The van der Waals surface area contributed by atoms with Crippen LogP contribution in [0.25, 0.3) is 0 Å². The van der Waals surface area contributed by atoms with Crippen molar-refractivity contribution in [2.24, 2.45) is 0 Å². The SMILES string of the molecule is OC(c1cnc(C(F)(F)F)s1)c1cc2c(s1)CCC2. The number of hydrogen-bond acceptors (Lipinski definition) is 4. The molecule has 7 heteroatoms. The van der Waals surface area contributed by atoms with E-state index in [4.69, 9.17) is 0 Å². The zero-order chi connectivity index (χ0) is 13.6. The third-order valence-electron chi connectivity index (χ3n) is 3.07. The molecule has 1 aliphatic rings. The van der Waals surface area contributed by atoms with Gasteiger partial charge >= 0.3 is 6.18 Å². The number of thiophene rings is 1. The van der Waals surface area contributed by atoms with Crippen LogP contribution in [0.2, 0.25) is 0 Å². The monoisotopic (exact) mass is 305 g/mol. The van der Waals surface area contributed by atoms with Crippen molar-refractivity contribution in [1.82, 2.24) is 4.98 Å². The van der Waals surface area contributed by atoms with E-state index >= 15 is 0 Å². The van der Waals surface area contributed by atoms with Gasteiger partial charge in [0.15, 0.2) is 5.01 Å². The van der Waals surface area contributed by atoms with Gasteiger partial charge in [0.1, 0.15) is 6.10 Å². The normalized spacial score (nSPS) is 16.6. The minimum Gasteiger partial charge on any atom is -0.382 e. The zero-order valence-corrected chi connectivity index (χ0v) is 11.3. The molecule has 2 aromatic heterocycles. The Morgan fingerprint density at radius 2 is 2.00 bits per heavy atom. The van der Waals surface area contributed by atoms with Crippen molar-refractivity contribution in [3.63, 3.8) is 0 Å². The first-order valence-electron chi connectivity index (χ1n) is 5.77. The van der Waals surface area contributed by atoms with Gasteiger partial charge in [-0.3, -0.25) is 0 Å². The average molecular weight is 305 g/mol. The molecule has 1 atom stereocenters. The Balaban J connectivity index is 1.87. The summed E-state index contributed by atoms with van der Waals surface area (Å²) in [6.07, 6.45) is -1.21. The van der Waals surface area contributed by atoms with E-state index in [-0.39, 0.29) is 4.88 Å². The third-order valence-corrected chi connectivity index (χ3v) is 5.45. The molecule has 0 saturated carbocycles. The van der Waals surface area contributed by atoms with Crippen LogP contribution in [0.3, 0.4) is 0 Å². The lowest BCUT2D eigenvalue weighted by atomic mass is 10.2. The molecule has 2 heterocycles. The molecule has 1 unspecified atom stereocenters. The number of aryl methyl sites for hydroxylation is 2. The van der Waals surface area contributed by atoms with Gasteiger partial charge in [-0.15, -0.1) is 22.7 Å². The summed E-state index contributed by atoms with van der Waals surface area (Å²) >= 11 is 1.99. The summed E-state index contributed by atoms with van der Waals surface area (Å²) in [5.41, 5.74) is 1.22. The molecule has 0 aromatic carbocycles. The van der Waals surface area contributed by atoms with Gasteiger partial charge in [-0.05, 0) is 30.9 Å². The first-order valence-corrected chi connectivity index (χ1v) is 7.41. The lowest BCUT2D eigenvalue weighted by Gasteiger charge is -2.05. The first kappa shape index (κ1) is 13.1. The van der Waals surface area contributed by atoms with Crippen LogP contribution in [-0.2, 0) is 19.0 Å². The highest BCUT2D eigenvalue weighted by Crippen LogP contribution is 2.39. The van der Waals surface area contributed by atoms with E-state index in [9.17, 15) is 18.3 Å². The van der Waals surface area contributed by atoms with Crippen LogP contribution in [0.1, 0.15) is 37.7 Å². The molecular weight excluding hydrogens is 295 g/mol. The molecule has 0 saturated heterocycles. The Morgan fingerprint density at radius 1 is 1.21 bits per heavy atom. The number of halogens is 3. The Labute approximate surface area is 115 Å². The van der Waals surface area contributed by atoms with Gasteiger partial charge in [0.05, 0.1) is 4.88 Å². The maximum Gasteiger partial charge on any atom is 0.443 e. The van der Waals surface area contributed by atoms with Crippen molar-refractivity contribution in [3.05, 3.63) is 37.5 Å². The second kappa shape index (κ2) is 4.57. The van der Waals surface area contributed by atoms with Gasteiger partial charge in [0.25, 0.3) is 0 Å². The topological polar surface area (TPSA) is 33.1 Å². The second-order valence-corrected chi connectivity index (χ2v) is 6.65. The molecule has 3 rings (SSSR count). The van der Waals surface area contributed by atoms with Crippen molar-refractivity contribution < 1.29 is 18.3 Å². The quantitative estimate of drug-likeness (QED) is 0.915. The molecule has 0 spiro atoms. The number of nitrogens with zero attached hydrogens (tertiary/aromatic N) is 1. The Bertz CT molecular complexity index is 581. The summed E-state index contributed by atoms with van der Waals surface area (Å²) in [4.78, 5) is 5.53. The average Bonchev–Trinajstić information content (AvgIpc) is 3.01. The van der Waals surface area contributed by atoms with Crippen molar-refractivity contribution in [2.45, 2.75) is 31.5 Å². The molecule has 1 N–H and O–H groups in total. The van der Waals surface area contributed by atoms with Gasteiger partial charge in [0, 0.05) is 16.0 Å². The molecule has 0 fully saturated rings. The van der Waals surface area contributed by atoms with Gasteiger partial charge in [-0.1, -0.05) is 0 Å². The maximum absolute atomic E-state index is 12.5. The van der Waals surface area contributed by atoms with Crippen LogP contribution in [-0.4, -0.2) is 10.1 Å². The molecule has 2 aromatic rings. The summed E-state index contributed by atoms with van der Waals surface area (Å²) < 4.78 is 37.4. The van der Waals surface area contributed by atoms with E-state index in [1.54, 1.807) is 0 Å². The van der Waals surface area contributed by atoms with Crippen molar-refractivity contribution in [2.75, 3.05) is 0 Å². The number of hydrogen-bond donors (Lipinski definition) is 1. The fourth-order valence-corrected chi connectivity index (χ4v) is 4.30. The van der Waals surface area contributed by atoms with E-state index in [2.05, 4.69) is 4.98 Å². The van der Waals surface area contributed by atoms with E-state index in [0.29, 0.717) is 16.2 Å². The van der Waals surface area contributed by atoms with E-state index in [1.165, 1.54) is 21.8 Å². The summed E-state index contributed by atoms with van der Waals surface area (Å²) in [5.74, 6) is 0. The summed E-state index contributed by atoms with van der Waals surface area (Å²) in [7, 11) is 0. The number of alkyl halides is 3. The number of aliphatic hydroxyl groups excluding tert-OH is 1. The minimum atomic E-state index is -4.44. The Kier molecular flexibility index (Phi) is 3.15. The lowest BCUT2D eigenvalue weighted by Crippen LogP contribution is -2.03. The maximum atomic E-state index is 12.5. The van der Waals surface area contributed by atoms with Crippen LogP contribution in [0.15, 0.2) is 12.3 Å². The van der Waals surface area contributed by atoms with E-state index in [0.717, 1.165) is 25.5 Å². The van der Waals surface area contributed by atoms with E-state index in [1.807, 2.05) is 6.07 Å². The highest BCUT2D eigenvalue weighted by molar-refractivity contribution is 7.13. The lowest BCUT2D eigenvalue weighted by molar-refractivity contribution is -0.137. The van der Waals surface area contributed by atoms with Crippen LogP contribution in [0, 0.1) is 0 Å². The van der Waals surface area contributed by atoms with Gasteiger partial charge < -0.3 is 5.11 Å². The Hall–Kier alpha value is -0.920. The molecule has 0 radical (unpaired) electrons. The standard InChI is InChI=1S/C12H10F3NOS2/c13-12(14,15)11-16-5-9(19-11)10(17)8-4-6-2-1-3-7(6)18-8/h4-5,10,17H,1-3H2. The molecule has 1 aliphatic carbocycles. The smallest absolute Gasteiger partial charge is 0.382 e. The van der Waals surface area contributed by atoms with Crippen LogP contribution < -0.4 is 0 Å². The van der Waals surface area contributed by atoms with E-state index < -0.39 is 17.3 Å². The van der Waals surface area contributed by atoms with Crippen LogP contribution >= 0.6 is 22.7 Å². The molecule has 0 bridgehead atoms. The molecule has 2 nitrogen and oxygen atoms in total. The number of aromatic nitrogens is 1. The summed E-state index contributed by atoms with van der Waals surface area (Å²) in [5, 5.41) is 9.23. The molecule has 0 aliphatic heterocycles. The fourth-order valence-electron chi connectivity index (χ4n) is 2.17. The summed E-state index contributed by atoms with van der Waals surface area (Å²) in [6, 6.07) is 1.91. The third kappa shape index (κ3) is 2.42. The molecular formula is C12H10F3NOS2. The predicted molar refractivity (Wildman–Crippen MR) is 67.5 cm³/mol. The largest absolute Gasteiger partial charge is 0.443 e. The highest BCUT2D eigenvalue weighted by atomic mass is 32.1. The number of rotatable bonds is 2.